The first-order chi connectivity index (χ1) is 6.31. The van der Waals surface area contributed by atoms with Gasteiger partial charge in [0, 0.05) is 18.9 Å². The van der Waals surface area contributed by atoms with E-state index in [1.54, 1.807) is 7.11 Å². The van der Waals surface area contributed by atoms with Gasteiger partial charge in [-0.2, -0.15) is 0 Å². The Morgan fingerprint density at radius 3 is 2.62 bits per heavy atom. The maximum absolute atomic E-state index is 11.0. The molecule has 0 aromatic carbocycles. The Balaban J connectivity index is 3.11. The van der Waals surface area contributed by atoms with Crippen molar-refractivity contribution in [3.05, 3.63) is 0 Å². The van der Waals surface area contributed by atoms with Crippen LogP contribution in [0, 0.1) is 0 Å². The molecule has 0 N–H and O–H groups in total. The Morgan fingerprint density at radius 1 is 1.23 bits per heavy atom. The molecule has 0 aromatic rings. The largest absolute Gasteiger partial charge is 0.463 e. The van der Waals surface area contributed by atoms with Gasteiger partial charge in [0.2, 0.25) is 0 Å². The van der Waals surface area contributed by atoms with Crippen LogP contribution >= 0.6 is 15.9 Å². The Morgan fingerprint density at radius 2 is 2.00 bits per heavy atom. The molecule has 0 saturated heterocycles. The van der Waals surface area contributed by atoms with Crippen LogP contribution in [0.25, 0.3) is 0 Å². The van der Waals surface area contributed by atoms with E-state index < -0.39 is 0 Å². The minimum atomic E-state index is -0.119. The Hall–Kier alpha value is -0.0900. The van der Waals surface area contributed by atoms with Crippen molar-refractivity contribution in [3.8, 4) is 0 Å². The first-order valence-electron chi connectivity index (χ1n) is 4.51. The molecule has 0 amide bonds. The van der Waals surface area contributed by atoms with Crippen molar-refractivity contribution in [1.29, 1.82) is 0 Å². The average molecular weight is 253 g/mol. The monoisotopic (exact) mass is 252 g/mol. The lowest BCUT2D eigenvalue weighted by atomic mass is 10.2. The number of methoxy groups -OCH3 is 1. The molecule has 0 aliphatic heterocycles. The summed E-state index contributed by atoms with van der Waals surface area (Å²) < 4.78 is 9.64. The molecule has 0 unspecified atom stereocenters. The molecule has 0 fully saturated rings. The molecular formula is C9H17BrO3. The van der Waals surface area contributed by atoms with Crippen molar-refractivity contribution in [2.75, 3.05) is 25.7 Å². The van der Waals surface area contributed by atoms with Crippen molar-refractivity contribution in [1.82, 2.24) is 0 Å². The fraction of sp³-hybridized carbons (Fsp3) is 0.889. The van der Waals surface area contributed by atoms with Crippen LogP contribution in [0.5, 0.6) is 0 Å². The van der Waals surface area contributed by atoms with Crippen molar-refractivity contribution in [3.63, 3.8) is 0 Å². The SMILES string of the molecule is COCCOC(=O)CCCCCBr. The predicted octanol–water partition coefficient (Wildman–Crippen LogP) is 2.13. The average Bonchev–Trinajstić information content (AvgIpc) is 2.13. The first kappa shape index (κ1) is 12.9. The van der Waals surface area contributed by atoms with E-state index in [1.165, 1.54) is 0 Å². The zero-order valence-corrected chi connectivity index (χ0v) is 9.64. The number of alkyl halides is 1. The van der Waals surface area contributed by atoms with Gasteiger partial charge in [0.25, 0.3) is 0 Å². The smallest absolute Gasteiger partial charge is 0.305 e. The molecule has 0 saturated carbocycles. The van der Waals surface area contributed by atoms with Gasteiger partial charge in [-0.15, -0.1) is 0 Å². The number of esters is 1. The van der Waals surface area contributed by atoms with E-state index in [2.05, 4.69) is 15.9 Å². The topological polar surface area (TPSA) is 35.5 Å². The molecule has 0 spiro atoms. The summed E-state index contributed by atoms with van der Waals surface area (Å²) in [4.78, 5) is 11.0. The third-order valence-corrected chi connectivity index (χ3v) is 2.13. The summed E-state index contributed by atoms with van der Waals surface area (Å²) in [6.45, 7) is 0.848. The minimum Gasteiger partial charge on any atom is -0.463 e. The van der Waals surface area contributed by atoms with Crippen molar-refractivity contribution in [2.45, 2.75) is 25.7 Å². The Labute approximate surface area is 87.9 Å². The Bertz CT molecular complexity index is 128. The van der Waals surface area contributed by atoms with E-state index in [1.807, 2.05) is 0 Å². The van der Waals surface area contributed by atoms with Crippen LogP contribution in [0.2, 0.25) is 0 Å². The number of carbonyl (C=O) groups excluding carboxylic acids is 1. The van der Waals surface area contributed by atoms with Gasteiger partial charge in [-0.05, 0) is 12.8 Å². The quantitative estimate of drug-likeness (QED) is 0.377. The molecule has 4 heteroatoms. The fourth-order valence-electron chi connectivity index (χ4n) is 0.852. The molecule has 78 valence electrons. The lowest BCUT2D eigenvalue weighted by Crippen LogP contribution is -2.09. The van der Waals surface area contributed by atoms with Crippen LogP contribution in [-0.2, 0) is 14.3 Å². The molecule has 13 heavy (non-hydrogen) atoms. The number of unbranched alkanes of at least 4 members (excludes halogenated alkanes) is 2. The molecule has 0 aromatic heterocycles. The van der Waals surface area contributed by atoms with Gasteiger partial charge >= 0.3 is 5.97 Å². The molecule has 0 rings (SSSR count). The van der Waals surface area contributed by atoms with Gasteiger partial charge in [0.05, 0.1) is 6.61 Å². The van der Waals surface area contributed by atoms with Crippen molar-refractivity contribution < 1.29 is 14.3 Å². The summed E-state index contributed by atoms with van der Waals surface area (Å²) in [7, 11) is 1.59. The van der Waals surface area contributed by atoms with Crippen LogP contribution in [0.15, 0.2) is 0 Å². The molecule has 0 heterocycles. The van der Waals surface area contributed by atoms with Crippen LogP contribution in [0.4, 0.5) is 0 Å². The highest BCUT2D eigenvalue weighted by atomic mass is 79.9. The second kappa shape index (κ2) is 9.99. The summed E-state index contributed by atoms with van der Waals surface area (Å²) in [5.41, 5.74) is 0. The van der Waals surface area contributed by atoms with Crippen LogP contribution in [-0.4, -0.2) is 31.6 Å². The summed E-state index contributed by atoms with van der Waals surface area (Å²) in [5.74, 6) is -0.119. The number of hydrogen-bond donors (Lipinski definition) is 0. The summed E-state index contributed by atoms with van der Waals surface area (Å²) in [5, 5.41) is 1.01. The van der Waals surface area contributed by atoms with Crippen LogP contribution in [0.1, 0.15) is 25.7 Å². The van der Waals surface area contributed by atoms with Crippen molar-refractivity contribution >= 4 is 21.9 Å². The molecule has 0 atom stereocenters. The predicted molar refractivity (Wildman–Crippen MR) is 55.1 cm³/mol. The Kier molecular flexibility index (Phi) is 9.92. The summed E-state index contributed by atoms with van der Waals surface area (Å²) in [6, 6.07) is 0. The summed E-state index contributed by atoms with van der Waals surface area (Å²) >= 11 is 3.34. The number of rotatable bonds is 8. The fourth-order valence-corrected chi connectivity index (χ4v) is 1.25. The van der Waals surface area contributed by atoms with E-state index in [-0.39, 0.29) is 5.97 Å². The number of halogens is 1. The summed E-state index contributed by atoms with van der Waals surface area (Å²) in [6.07, 6.45) is 3.63. The van der Waals surface area contributed by atoms with Gasteiger partial charge in [0.1, 0.15) is 6.61 Å². The highest BCUT2D eigenvalue weighted by Gasteiger charge is 2.01. The third-order valence-electron chi connectivity index (χ3n) is 1.57. The molecule has 0 aliphatic carbocycles. The van der Waals surface area contributed by atoms with Gasteiger partial charge in [-0.25, -0.2) is 0 Å². The first-order valence-corrected chi connectivity index (χ1v) is 5.64. The van der Waals surface area contributed by atoms with Gasteiger partial charge in [0.15, 0.2) is 0 Å². The number of ether oxygens (including phenoxy) is 2. The van der Waals surface area contributed by atoms with E-state index in [4.69, 9.17) is 9.47 Å². The maximum Gasteiger partial charge on any atom is 0.305 e. The third kappa shape index (κ3) is 9.83. The zero-order chi connectivity index (χ0) is 9.94. The van der Waals surface area contributed by atoms with Gasteiger partial charge < -0.3 is 9.47 Å². The molecular weight excluding hydrogens is 236 g/mol. The van der Waals surface area contributed by atoms with E-state index in [0.717, 1.165) is 24.6 Å². The van der Waals surface area contributed by atoms with E-state index in [9.17, 15) is 4.79 Å². The van der Waals surface area contributed by atoms with Crippen LogP contribution < -0.4 is 0 Å². The normalized spacial score (nSPS) is 10.0. The highest BCUT2D eigenvalue weighted by Crippen LogP contribution is 2.02. The standard InChI is InChI=1S/C9H17BrO3/c1-12-7-8-13-9(11)5-3-2-4-6-10/h2-8H2,1H3. The van der Waals surface area contributed by atoms with Crippen molar-refractivity contribution in [2.24, 2.45) is 0 Å². The lowest BCUT2D eigenvalue weighted by Gasteiger charge is -2.03. The second-order valence-corrected chi connectivity index (χ2v) is 3.51. The zero-order valence-electron chi connectivity index (χ0n) is 8.05. The minimum absolute atomic E-state index is 0.119. The van der Waals surface area contributed by atoms with Crippen LogP contribution in [0.3, 0.4) is 0 Å². The van der Waals surface area contributed by atoms with E-state index in [0.29, 0.717) is 19.6 Å². The van der Waals surface area contributed by atoms with E-state index >= 15 is 0 Å². The van der Waals surface area contributed by atoms with Gasteiger partial charge in [-0.3, -0.25) is 4.79 Å². The number of carbonyl (C=O) groups is 1. The maximum atomic E-state index is 11.0. The highest BCUT2D eigenvalue weighted by molar-refractivity contribution is 9.09. The lowest BCUT2D eigenvalue weighted by molar-refractivity contribution is -0.145. The molecule has 0 aliphatic rings. The molecule has 0 bridgehead atoms. The molecule has 0 radical (unpaired) electrons. The molecule has 3 nitrogen and oxygen atoms in total. The number of hydrogen-bond acceptors (Lipinski definition) is 3. The van der Waals surface area contributed by atoms with Gasteiger partial charge in [-0.1, -0.05) is 22.4 Å². The second-order valence-electron chi connectivity index (χ2n) is 2.71.